The van der Waals surface area contributed by atoms with Crippen LogP contribution in [0.2, 0.25) is 0 Å². The van der Waals surface area contributed by atoms with E-state index in [1.165, 1.54) is 12.3 Å². The number of nitrogens with one attached hydrogen (secondary N) is 1. The Kier molecular flexibility index (Phi) is 6.30. The van der Waals surface area contributed by atoms with Crippen molar-refractivity contribution in [2.24, 2.45) is 0 Å². The van der Waals surface area contributed by atoms with Gasteiger partial charge in [-0.25, -0.2) is 18.4 Å². The van der Waals surface area contributed by atoms with Crippen LogP contribution in [0.25, 0.3) is 22.6 Å². The molecule has 0 spiro atoms. The molecule has 1 aliphatic heterocycles. The fourth-order valence-corrected chi connectivity index (χ4v) is 5.58. The summed E-state index contributed by atoms with van der Waals surface area (Å²) in [4.78, 5) is 27.9. The van der Waals surface area contributed by atoms with Gasteiger partial charge in [0, 0.05) is 30.1 Å². The zero-order chi connectivity index (χ0) is 26.3. The molecule has 9 heteroatoms. The number of piperidine rings is 1. The van der Waals surface area contributed by atoms with Gasteiger partial charge in [0.25, 0.3) is 5.91 Å². The van der Waals surface area contributed by atoms with Gasteiger partial charge < -0.3 is 9.88 Å². The summed E-state index contributed by atoms with van der Waals surface area (Å²) in [5, 5.41) is 9.14. The lowest BCUT2D eigenvalue weighted by atomic mass is 9.92. The largest absolute Gasteiger partial charge is 0.337 e. The Hall–Kier alpha value is -4.03. The molecule has 1 saturated heterocycles. The highest BCUT2D eigenvalue weighted by Crippen LogP contribution is 2.34. The molecule has 1 fully saturated rings. The molecule has 0 aliphatic carbocycles. The van der Waals surface area contributed by atoms with Gasteiger partial charge in [0.2, 0.25) is 0 Å². The van der Waals surface area contributed by atoms with Gasteiger partial charge in [-0.2, -0.15) is 5.26 Å². The Labute approximate surface area is 215 Å². The zero-order valence-corrected chi connectivity index (χ0v) is 21.8. The topological polar surface area (TPSA) is 120 Å². The van der Waals surface area contributed by atoms with Crippen molar-refractivity contribution in [3.8, 4) is 17.5 Å². The molecule has 1 atom stereocenters. The van der Waals surface area contributed by atoms with Gasteiger partial charge in [0.05, 0.1) is 28.1 Å². The number of imidazole rings is 1. The number of aryl methyl sites for hydroxylation is 2. The minimum atomic E-state index is -3.40. The summed E-state index contributed by atoms with van der Waals surface area (Å²) < 4.78 is 23.9. The number of nitrogens with zero attached hydrogens (tertiary/aromatic N) is 4. The van der Waals surface area contributed by atoms with E-state index in [-0.39, 0.29) is 16.8 Å². The maximum Gasteiger partial charge on any atom is 0.254 e. The van der Waals surface area contributed by atoms with Gasteiger partial charge in [-0.1, -0.05) is 18.2 Å². The third-order valence-corrected chi connectivity index (χ3v) is 8.07. The SMILES string of the molecule is Cc1cc(C)c(-c2nc3ncc(S(C)(=O)=O)cc3[nH]2)cc1C(=O)N1CCCCC1c1ccc(C#N)cc1. The fraction of sp³-hybridized carbons (Fsp3) is 0.286. The Bertz CT molecular complexity index is 1670. The van der Waals surface area contributed by atoms with Crippen molar-refractivity contribution in [2.75, 3.05) is 12.8 Å². The van der Waals surface area contributed by atoms with Gasteiger partial charge in [-0.15, -0.1) is 0 Å². The molecule has 0 radical (unpaired) electrons. The summed E-state index contributed by atoms with van der Waals surface area (Å²) >= 11 is 0. The number of hydrogen-bond donors (Lipinski definition) is 1. The predicted molar refractivity (Wildman–Crippen MR) is 141 cm³/mol. The van der Waals surface area contributed by atoms with Crippen LogP contribution in [0.1, 0.15) is 57.9 Å². The lowest BCUT2D eigenvalue weighted by molar-refractivity contribution is 0.0611. The Morgan fingerprint density at radius 3 is 2.57 bits per heavy atom. The fourth-order valence-electron chi connectivity index (χ4n) is 5.00. The molecule has 1 aliphatic rings. The van der Waals surface area contributed by atoms with Gasteiger partial charge in [0.15, 0.2) is 15.5 Å². The molecule has 0 bridgehead atoms. The number of fused-ring (bicyclic) bond motifs is 1. The molecule has 1 amide bonds. The van der Waals surface area contributed by atoms with Crippen LogP contribution in [-0.4, -0.2) is 47.0 Å². The molecular formula is C28H27N5O3S. The Morgan fingerprint density at radius 2 is 1.86 bits per heavy atom. The standard InChI is InChI=1S/C28H27N5O3S/c1-17-12-18(2)23(14-22(17)26-31-24-13-21(37(3,35)36)16-30-27(24)32-26)28(34)33-11-5-4-6-25(33)20-9-7-19(15-29)8-10-20/h7-10,12-14,16,25H,4-6,11H2,1-3H3,(H,30,31,32). The van der Waals surface area contributed by atoms with Gasteiger partial charge in [-0.3, -0.25) is 4.79 Å². The number of H-pyrrole nitrogens is 1. The normalized spacial score (nSPS) is 16.1. The smallest absolute Gasteiger partial charge is 0.254 e. The van der Waals surface area contributed by atoms with E-state index in [1.807, 2.05) is 43.0 Å². The van der Waals surface area contributed by atoms with Crippen LogP contribution in [0.4, 0.5) is 0 Å². The summed E-state index contributed by atoms with van der Waals surface area (Å²) in [6, 6.07) is 14.9. The summed E-state index contributed by atoms with van der Waals surface area (Å²) in [6.07, 6.45) is 5.29. The van der Waals surface area contributed by atoms with Gasteiger partial charge >= 0.3 is 0 Å². The van der Waals surface area contributed by atoms with Crippen molar-refractivity contribution in [2.45, 2.75) is 44.0 Å². The second kappa shape index (κ2) is 9.45. The molecule has 5 rings (SSSR count). The van der Waals surface area contributed by atoms with Crippen LogP contribution in [0.5, 0.6) is 0 Å². The number of amides is 1. The van der Waals surface area contributed by atoms with E-state index < -0.39 is 9.84 Å². The average molecular weight is 514 g/mol. The number of aromatic amines is 1. The third-order valence-electron chi connectivity index (χ3n) is 6.99. The number of likely N-dealkylation sites (tertiary alicyclic amines) is 1. The zero-order valence-electron chi connectivity index (χ0n) is 20.9. The van der Waals surface area contributed by atoms with E-state index in [4.69, 9.17) is 5.26 Å². The number of nitriles is 1. The maximum atomic E-state index is 13.9. The van der Waals surface area contributed by atoms with Gasteiger partial charge in [-0.05, 0) is 74.1 Å². The molecule has 4 aromatic rings. The number of rotatable bonds is 4. The van der Waals surface area contributed by atoms with Crippen LogP contribution >= 0.6 is 0 Å². The molecule has 8 nitrogen and oxygen atoms in total. The van der Waals surface area contributed by atoms with Gasteiger partial charge in [0.1, 0.15) is 5.82 Å². The number of carbonyl (C=O) groups excluding carboxylic acids is 1. The van der Waals surface area contributed by atoms with Crippen LogP contribution < -0.4 is 0 Å². The Morgan fingerprint density at radius 1 is 1.11 bits per heavy atom. The van der Waals surface area contributed by atoms with Crippen molar-refractivity contribution < 1.29 is 13.2 Å². The highest BCUT2D eigenvalue weighted by molar-refractivity contribution is 7.90. The number of aromatic nitrogens is 3. The number of carbonyl (C=O) groups is 1. The molecule has 2 aromatic heterocycles. The molecule has 3 heterocycles. The van der Waals surface area contributed by atoms with E-state index in [0.717, 1.165) is 47.8 Å². The summed E-state index contributed by atoms with van der Waals surface area (Å²) in [5.74, 6) is 0.489. The van der Waals surface area contributed by atoms with Crippen molar-refractivity contribution in [1.82, 2.24) is 19.9 Å². The first-order chi connectivity index (χ1) is 17.7. The van der Waals surface area contributed by atoms with Crippen LogP contribution in [-0.2, 0) is 9.84 Å². The molecule has 1 unspecified atom stereocenters. The average Bonchev–Trinajstić information content (AvgIpc) is 3.31. The Balaban J connectivity index is 1.53. The molecule has 0 saturated carbocycles. The molecule has 37 heavy (non-hydrogen) atoms. The van der Waals surface area contributed by atoms with Crippen molar-refractivity contribution in [1.29, 1.82) is 5.26 Å². The minimum absolute atomic E-state index is 0.0404. The van der Waals surface area contributed by atoms with E-state index in [9.17, 15) is 13.2 Å². The first-order valence-corrected chi connectivity index (χ1v) is 14.0. The van der Waals surface area contributed by atoms with E-state index in [0.29, 0.717) is 34.7 Å². The second-order valence-corrected chi connectivity index (χ2v) is 11.6. The lowest BCUT2D eigenvalue weighted by Gasteiger charge is -2.36. The second-order valence-electron chi connectivity index (χ2n) is 9.63. The first-order valence-electron chi connectivity index (χ1n) is 12.1. The van der Waals surface area contributed by atoms with Crippen LogP contribution in [0, 0.1) is 25.2 Å². The van der Waals surface area contributed by atoms with E-state index in [1.54, 1.807) is 12.1 Å². The predicted octanol–water partition coefficient (Wildman–Crippen LogP) is 4.88. The quantitative estimate of drug-likeness (QED) is 0.415. The summed E-state index contributed by atoms with van der Waals surface area (Å²) in [6.45, 7) is 4.55. The number of hydrogen-bond acceptors (Lipinski definition) is 6. The van der Waals surface area contributed by atoms with Crippen LogP contribution in [0.3, 0.4) is 0 Å². The number of benzene rings is 2. The highest BCUT2D eigenvalue weighted by atomic mass is 32.2. The van der Waals surface area contributed by atoms with Crippen molar-refractivity contribution in [3.63, 3.8) is 0 Å². The first kappa shape index (κ1) is 24.7. The molecule has 2 aromatic carbocycles. The lowest BCUT2D eigenvalue weighted by Crippen LogP contribution is -2.38. The monoisotopic (exact) mass is 513 g/mol. The number of pyridine rings is 1. The highest BCUT2D eigenvalue weighted by Gasteiger charge is 2.30. The van der Waals surface area contributed by atoms with Crippen molar-refractivity contribution in [3.05, 3.63) is 76.5 Å². The summed E-state index contributed by atoms with van der Waals surface area (Å²) in [5.41, 5.74) is 5.74. The summed E-state index contributed by atoms with van der Waals surface area (Å²) in [7, 11) is -3.40. The minimum Gasteiger partial charge on any atom is -0.337 e. The van der Waals surface area contributed by atoms with E-state index in [2.05, 4.69) is 21.0 Å². The molecular weight excluding hydrogens is 486 g/mol. The number of sulfone groups is 1. The van der Waals surface area contributed by atoms with Crippen molar-refractivity contribution >= 4 is 26.9 Å². The maximum absolute atomic E-state index is 13.9. The molecule has 188 valence electrons. The molecule has 1 N–H and O–H groups in total. The van der Waals surface area contributed by atoms with E-state index >= 15 is 0 Å². The van der Waals surface area contributed by atoms with Crippen LogP contribution in [0.15, 0.2) is 53.6 Å². The third kappa shape index (κ3) is 4.72.